The van der Waals surface area contributed by atoms with Gasteiger partial charge in [0, 0.05) is 11.3 Å². The molecule has 0 radical (unpaired) electrons. The van der Waals surface area contributed by atoms with Crippen molar-refractivity contribution < 1.29 is 9.90 Å². The van der Waals surface area contributed by atoms with E-state index in [0.29, 0.717) is 16.2 Å². The number of hydrogen-bond donors (Lipinski definition) is 2. The highest BCUT2D eigenvalue weighted by Gasteiger charge is 2.25. The van der Waals surface area contributed by atoms with Crippen molar-refractivity contribution in [3.05, 3.63) is 11.1 Å². The van der Waals surface area contributed by atoms with Gasteiger partial charge in [0.05, 0.1) is 6.20 Å². The van der Waals surface area contributed by atoms with Crippen LogP contribution in [0.5, 0.6) is 0 Å². The molecule has 1 saturated carbocycles. The van der Waals surface area contributed by atoms with Gasteiger partial charge in [0.2, 0.25) is 0 Å². The minimum absolute atomic E-state index is 0.295. The zero-order valence-corrected chi connectivity index (χ0v) is 11.3. The maximum atomic E-state index is 10.8. The topological polar surface area (TPSA) is 62.2 Å². The molecule has 1 fully saturated rings. The fourth-order valence-electron chi connectivity index (χ4n) is 2.14. The van der Waals surface area contributed by atoms with Crippen molar-refractivity contribution in [3.8, 4) is 0 Å². The number of anilines is 1. The van der Waals surface area contributed by atoms with Gasteiger partial charge >= 0.3 is 5.97 Å². The number of carboxylic acid groups (broad SMARTS) is 1. The van der Waals surface area contributed by atoms with Crippen LogP contribution < -0.4 is 5.32 Å². The molecule has 1 aliphatic carbocycles. The molecule has 2 rings (SSSR count). The van der Waals surface area contributed by atoms with Crippen molar-refractivity contribution in [1.29, 1.82) is 0 Å². The molecular formula is C11H16N2O2S2. The quantitative estimate of drug-likeness (QED) is 0.882. The second-order valence-electron chi connectivity index (χ2n) is 4.14. The highest BCUT2D eigenvalue weighted by atomic mass is 32.2. The largest absolute Gasteiger partial charge is 0.477 e. The average molecular weight is 272 g/mol. The van der Waals surface area contributed by atoms with Crippen LogP contribution in [-0.2, 0) is 0 Å². The third-order valence-electron chi connectivity index (χ3n) is 3.03. The molecule has 1 aromatic heterocycles. The number of aromatic carboxylic acids is 1. The number of hydrogen-bond acceptors (Lipinski definition) is 5. The lowest BCUT2D eigenvalue weighted by Crippen LogP contribution is -2.34. The molecule has 17 heavy (non-hydrogen) atoms. The summed E-state index contributed by atoms with van der Waals surface area (Å²) in [6.07, 6.45) is 8.47. The summed E-state index contributed by atoms with van der Waals surface area (Å²) in [5.74, 6) is -0.902. The SMILES string of the molecule is CSC1CCCCC1Nc1ncc(C(=O)O)s1. The summed E-state index contributed by atoms with van der Waals surface area (Å²) in [4.78, 5) is 15.2. The lowest BCUT2D eigenvalue weighted by molar-refractivity contribution is 0.0702. The van der Waals surface area contributed by atoms with Crippen LogP contribution in [0.25, 0.3) is 0 Å². The molecule has 1 heterocycles. The Morgan fingerprint density at radius 3 is 3.00 bits per heavy atom. The van der Waals surface area contributed by atoms with E-state index in [1.165, 1.54) is 36.8 Å². The standard InChI is InChI=1S/C11H16N2O2S2/c1-16-8-5-3-2-4-7(8)13-11-12-6-9(17-11)10(14)15/h6-8H,2-5H2,1H3,(H,12,13)(H,14,15). The Morgan fingerprint density at radius 2 is 2.35 bits per heavy atom. The summed E-state index contributed by atoms with van der Waals surface area (Å²) in [5, 5.41) is 13.6. The molecule has 0 spiro atoms. The maximum Gasteiger partial charge on any atom is 0.347 e. The number of thioether (sulfide) groups is 1. The fourth-order valence-corrected chi connectivity index (χ4v) is 3.79. The first kappa shape index (κ1) is 12.7. The molecule has 0 saturated heterocycles. The van der Waals surface area contributed by atoms with E-state index in [4.69, 9.17) is 5.11 Å². The van der Waals surface area contributed by atoms with Gasteiger partial charge in [0.25, 0.3) is 0 Å². The van der Waals surface area contributed by atoms with E-state index in [2.05, 4.69) is 16.6 Å². The van der Waals surface area contributed by atoms with E-state index in [0.717, 1.165) is 11.6 Å². The van der Waals surface area contributed by atoms with Gasteiger partial charge < -0.3 is 10.4 Å². The molecule has 0 bridgehead atoms. The second kappa shape index (κ2) is 5.73. The third-order valence-corrected chi connectivity index (χ3v) is 5.12. The van der Waals surface area contributed by atoms with Gasteiger partial charge in [0.1, 0.15) is 4.88 Å². The van der Waals surface area contributed by atoms with Crippen LogP contribution in [0.15, 0.2) is 6.20 Å². The Kier molecular flexibility index (Phi) is 4.28. The van der Waals surface area contributed by atoms with Crippen molar-refractivity contribution in [2.45, 2.75) is 37.0 Å². The highest BCUT2D eigenvalue weighted by molar-refractivity contribution is 7.99. The molecule has 0 aromatic carbocycles. The summed E-state index contributed by atoms with van der Waals surface area (Å²) >= 11 is 3.10. The van der Waals surface area contributed by atoms with Crippen molar-refractivity contribution in [2.75, 3.05) is 11.6 Å². The molecule has 2 unspecified atom stereocenters. The summed E-state index contributed by atoms with van der Waals surface area (Å²) in [6, 6.07) is 0.423. The second-order valence-corrected chi connectivity index (χ2v) is 6.25. The van der Waals surface area contributed by atoms with Gasteiger partial charge in [-0.3, -0.25) is 0 Å². The summed E-state index contributed by atoms with van der Waals surface area (Å²) < 4.78 is 0. The summed E-state index contributed by atoms with van der Waals surface area (Å²) in [7, 11) is 0. The number of carboxylic acids is 1. The molecule has 1 aromatic rings. The molecule has 4 nitrogen and oxygen atoms in total. The normalized spacial score (nSPS) is 24.5. The van der Waals surface area contributed by atoms with Gasteiger partial charge in [-0.25, -0.2) is 9.78 Å². The number of rotatable bonds is 4. The minimum atomic E-state index is -0.902. The van der Waals surface area contributed by atoms with Crippen LogP contribution in [0.1, 0.15) is 35.4 Å². The smallest absolute Gasteiger partial charge is 0.347 e. The zero-order chi connectivity index (χ0) is 12.3. The molecule has 0 amide bonds. The predicted molar refractivity (Wildman–Crippen MR) is 72.3 cm³/mol. The minimum Gasteiger partial charge on any atom is -0.477 e. The maximum absolute atomic E-state index is 10.8. The van der Waals surface area contributed by atoms with E-state index in [1.807, 2.05) is 11.8 Å². The molecule has 2 N–H and O–H groups in total. The summed E-state index contributed by atoms with van der Waals surface area (Å²) in [6.45, 7) is 0. The van der Waals surface area contributed by atoms with Gasteiger partial charge in [-0.05, 0) is 19.1 Å². The lowest BCUT2D eigenvalue weighted by atomic mass is 9.95. The highest BCUT2D eigenvalue weighted by Crippen LogP contribution is 2.30. The molecule has 2 atom stereocenters. The van der Waals surface area contributed by atoms with E-state index < -0.39 is 5.97 Å². The first-order valence-corrected chi connectivity index (χ1v) is 7.79. The Hall–Kier alpha value is -0.750. The van der Waals surface area contributed by atoms with E-state index in [1.54, 1.807) is 0 Å². The third kappa shape index (κ3) is 3.13. The van der Waals surface area contributed by atoms with Crippen molar-refractivity contribution in [3.63, 3.8) is 0 Å². The van der Waals surface area contributed by atoms with Crippen molar-refractivity contribution in [2.24, 2.45) is 0 Å². The number of thiazole rings is 1. The van der Waals surface area contributed by atoms with Crippen molar-refractivity contribution in [1.82, 2.24) is 4.98 Å². The van der Waals surface area contributed by atoms with Crippen LogP contribution in [0.3, 0.4) is 0 Å². The number of nitrogens with one attached hydrogen (secondary N) is 1. The van der Waals surface area contributed by atoms with E-state index in [9.17, 15) is 4.79 Å². The van der Waals surface area contributed by atoms with E-state index in [-0.39, 0.29) is 0 Å². The Morgan fingerprint density at radius 1 is 1.59 bits per heavy atom. The molecule has 6 heteroatoms. The van der Waals surface area contributed by atoms with Gasteiger partial charge in [-0.1, -0.05) is 24.2 Å². The van der Waals surface area contributed by atoms with Crippen LogP contribution >= 0.6 is 23.1 Å². The average Bonchev–Trinajstić information content (AvgIpc) is 2.78. The number of carbonyl (C=O) groups is 1. The van der Waals surface area contributed by atoms with Crippen LogP contribution in [-0.4, -0.2) is 33.6 Å². The lowest BCUT2D eigenvalue weighted by Gasteiger charge is -2.30. The molecule has 0 aliphatic heterocycles. The van der Waals surface area contributed by atoms with Crippen LogP contribution in [0, 0.1) is 0 Å². The number of aromatic nitrogens is 1. The van der Waals surface area contributed by atoms with Crippen LogP contribution in [0.2, 0.25) is 0 Å². The Labute approximate surface area is 109 Å². The van der Waals surface area contributed by atoms with Crippen molar-refractivity contribution >= 4 is 34.2 Å². The zero-order valence-electron chi connectivity index (χ0n) is 9.68. The molecule has 1 aliphatic rings. The Bertz CT molecular complexity index is 395. The van der Waals surface area contributed by atoms with E-state index >= 15 is 0 Å². The fraction of sp³-hybridized carbons (Fsp3) is 0.636. The Balaban J connectivity index is 2.00. The predicted octanol–water partition coefficient (Wildman–Crippen LogP) is 2.93. The van der Waals surface area contributed by atoms with Gasteiger partial charge in [0.15, 0.2) is 5.13 Å². The van der Waals surface area contributed by atoms with Gasteiger partial charge in [-0.15, -0.1) is 0 Å². The molecular weight excluding hydrogens is 256 g/mol. The van der Waals surface area contributed by atoms with Gasteiger partial charge in [-0.2, -0.15) is 11.8 Å². The summed E-state index contributed by atoms with van der Waals surface area (Å²) in [5.41, 5.74) is 0. The van der Waals surface area contributed by atoms with Crippen LogP contribution in [0.4, 0.5) is 5.13 Å². The molecule has 94 valence electrons. The monoisotopic (exact) mass is 272 g/mol. The first-order chi connectivity index (χ1) is 8.20. The first-order valence-electron chi connectivity index (χ1n) is 5.69. The number of nitrogens with zero attached hydrogens (tertiary/aromatic N) is 1.